The van der Waals surface area contributed by atoms with Crippen LogP contribution < -0.4 is 0 Å². The van der Waals surface area contributed by atoms with E-state index in [0.29, 0.717) is 10.6 Å². The smallest absolute Gasteiger partial charge is 0.335 e. The van der Waals surface area contributed by atoms with Crippen molar-refractivity contribution in [3.8, 4) is 0 Å². The van der Waals surface area contributed by atoms with E-state index in [1.807, 2.05) is 37.3 Å². The van der Waals surface area contributed by atoms with Gasteiger partial charge in [-0.3, -0.25) is 0 Å². The average molecular weight is 468 g/mol. The molecule has 5 nitrogen and oxygen atoms in total. The molecule has 0 aliphatic carbocycles. The molecular formula is C25H22ClNO4S. The van der Waals surface area contributed by atoms with Gasteiger partial charge in [0.2, 0.25) is 10.0 Å². The molecule has 3 aromatic carbocycles. The number of methoxy groups -OCH3 is 1. The Morgan fingerprint density at radius 3 is 2.22 bits per heavy atom. The first kappa shape index (κ1) is 22.3. The van der Waals surface area contributed by atoms with Gasteiger partial charge in [0.1, 0.15) is 0 Å². The number of nitrogens with zero attached hydrogens (tertiary/aromatic N) is 1. The minimum Gasteiger partial charge on any atom is -0.466 e. The Labute approximate surface area is 193 Å². The third-order valence-corrected chi connectivity index (χ3v) is 7.66. The quantitative estimate of drug-likeness (QED) is 0.290. The molecule has 1 saturated heterocycles. The highest BCUT2D eigenvalue weighted by Gasteiger charge is 2.60. The molecule has 0 bridgehead atoms. The van der Waals surface area contributed by atoms with Gasteiger partial charge in [0.25, 0.3) is 0 Å². The van der Waals surface area contributed by atoms with Crippen molar-refractivity contribution in [2.75, 3.05) is 7.11 Å². The van der Waals surface area contributed by atoms with Crippen LogP contribution in [0.5, 0.6) is 0 Å². The van der Waals surface area contributed by atoms with Crippen molar-refractivity contribution in [3.63, 3.8) is 0 Å². The van der Waals surface area contributed by atoms with Gasteiger partial charge < -0.3 is 4.74 Å². The number of carbonyl (C=O) groups excluding carboxylic acids is 1. The minimum absolute atomic E-state index is 0.159. The monoisotopic (exact) mass is 467 g/mol. The maximum Gasteiger partial charge on any atom is 0.335 e. The standard InChI is InChI=1S/C25H22ClNO4S/c1-17-12-14-19(15-13-17)32(29,30)27-23(20-10-6-7-11-22(20)26)24(27)21(25(28)31-2)16-18-8-4-3-5-9-18/h3-16,23-24H,1-2H3/b21-16+/t23-,24+,27?/m0/s1. The van der Waals surface area contributed by atoms with Crippen LogP contribution in [0.4, 0.5) is 0 Å². The molecule has 0 saturated carbocycles. The van der Waals surface area contributed by atoms with Gasteiger partial charge in [-0.25, -0.2) is 13.2 Å². The predicted molar refractivity (Wildman–Crippen MR) is 125 cm³/mol. The summed E-state index contributed by atoms with van der Waals surface area (Å²) in [5, 5.41) is 0.438. The van der Waals surface area contributed by atoms with Gasteiger partial charge in [-0.1, -0.05) is 77.8 Å². The SMILES string of the molecule is COC(=O)/C(=C/c1ccccc1)[C@@H]1[C@H](c2ccccc2Cl)N1S(=O)(=O)c1ccc(C)cc1. The van der Waals surface area contributed by atoms with Crippen LogP contribution in [0.15, 0.2) is 89.3 Å². The molecule has 1 unspecified atom stereocenters. The number of halogens is 1. The van der Waals surface area contributed by atoms with Crippen LogP contribution in [0.2, 0.25) is 5.02 Å². The average Bonchev–Trinajstić information content (AvgIpc) is 3.54. The molecule has 7 heteroatoms. The molecule has 1 fully saturated rings. The van der Waals surface area contributed by atoms with Gasteiger partial charge in [0.15, 0.2) is 0 Å². The van der Waals surface area contributed by atoms with Gasteiger partial charge in [-0.05, 0) is 42.3 Å². The van der Waals surface area contributed by atoms with Crippen LogP contribution in [0, 0.1) is 6.92 Å². The third-order valence-electron chi connectivity index (χ3n) is 5.44. The number of carbonyl (C=O) groups is 1. The number of ether oxygens (including phenoxy) is 1. The largest absolute Gasteiger partial charge is 0.466 e. The number of hydrogen-bond acceptors (Lipinski definition) is 4. The highest BCUT2D eigenvalue weighted by atomic mass is 35.5. The normalized spacial score (nSPS) is 20.6. The Kier molecular flexibility index (Phi) is 6.20. The van der Waals surface area contributed by atoms with Crippen LogP contribution in [0.3, 0.4) is 0 Å². The van der Waals surface area contributed by atoms with Crippen molar-refractivity contribution in [2.24, 2.45) is 0 Å². The van der Waals surface area contributed by atoms with Crippen LogP contribution in [-0.4, -0.2) is 31.8 Å². The summed E-state index contributed by atoms with van der Waals surface area (Å²) in [6, 6.07) is 21.6. The minimum atomic E-state index is -3.90. The predicted octanol–water partition coefficient (Wildman–Crippen LogP) is 5.02. The number of benzene rings is 3. The van der Waals surface area contributed by atoms with Gasteiger partial charge in [0, 0.05) is 5.02 Å². The van der Waals surface area contributed by atoms with E-state index in [1.54, 1.807) is 54.6 Å². The van der Waals surface area contributed by atoms with Crippen molar-refractivity contribution >= 4 is 33.7 Å². The van der Waals surface area contributed by atoms with Gasteiger partial charge in [-0.15, -0.1) is 0 Å². The zero-order valence-electron chi connectivity index (χ0n) is 17.6. The summed E-state index contributed by atoms with van der Waals surface area (Å²) >= 11 is 6.43. The van der Waals surface area contributed by atoms with Crippen LogP contribution in [0.1, 0.15) is 22.7 Å². The molecule has 3 atom stereocenters. The maximum absolute atomic E-state index is 13.6. The van der Waals surface area contributed by atoms with E-state index in [4.69, 9.17) is 16.3 Å². The lowest BCUT2D eigenvalue weighted by atomic mass is 10.0. The van der Waals surface area contributed by atoms with Gasteiger partial charge >= 0.3 is 5.97 Å². The molecule has 0 radical (unpaired) electrons. The first-order valence-electron chi connectivity index (χ1n) is 10.0. The van der Waals surface area contributed by atoms with Crippen LogP contribution in [-0.2, 0) is 19.6 Å². The highest BCUT2D eigenvalue weighted by molar-refractivity contribution is 7.89. The molecule has 0 aromatic heterocycles. The Morgan fingerprint density at radius 2 is 1.59 bits per heavy atom. The second-order valence-corrected chi connectivity index (χ2v) is 9.81. The lowest BCUT2D eigenvalue weighted by Crippen LogP contribution is -2.19. The second-order valence-electron chi connectivity index (χ2n) is 7.56. The van der Waals surface area contributed by atoms with Crippen LogP contribution in [0.25, 0.3) is 6.08 Å². The summed E-state index contributed by atoms with van der Waals surface area (Å²) in [4.78, 5) is 12.9. The molecule has 0 N–H and O–H groups in total. The number of hydrogen-bond donors (Lipinski definition) is 0. The third kappa shape index (κ3) is 4.21. The fourth-order valence-electron chi connectivity index (χ4n) is 3.78. The summed E-state index contributed by atoms with van der Waals surface area (Å²) < 4.78 is 33.5. The lowest BCUT2D eigenvalue weighted by molar-refractivity contribution is -0.136. The number of esters is 1. The van der Waals surface area contributed by atoms with E-state index in [2.05, 4.69) is 0 Å². The van der Waals surface area contributed by atoms with Crippen molar-refractivity contribution in [1.82, 2.24) is 4.31 Å². The number of aryl methyl sites for hydroxylation is 1. The summed E-state index contributed by atoms with van der Waals surface area (Å²) in [5.41, 5.74) is 2.61. The number of rotatable bonds is 6. The van der Waals surface area contributed by atoms with E-state index >= 15 is 0 Å². The summed E-state index contributed by atoms with van der Waals surface area (Å²) in [7, 11) is -2.61. The molecule has 32 heavy (non-hydrogen) atoms. The van der Waals surface area contributed by atoms with Crippen molar-refractivity contribution in [1.29, 1.82) is 0 Å². The van der Waals surface area contributed by atoms with Gasteiger partial charge in [-0.2, -0.15) is 4.31 Å². The topological polar surface area (TPSA) is 63.5 Å². The van der Waals surface area contributed by atoms with E-state index in [9.17, 15) is 13.2 Å². The fourth-order valence-corrected chi connectivity index (χ4v) is 5.76. The molecule has 4 rings (SSSR count). The van der Waals surface area contributed by atoms with E-state index in [-0.39, 0.29) is 10.5 Å². The molecular weight excluding hydrogens is 446 g/mol. The van der Waals surface area contributed by atoms with E-state index < -0.39 is 28.1 Å². The zero-order valence-corrected chi connectivity index (χ0v) is 19.2. The summed E-state index contributed by atoms with van der Waals surface area (Å²) in [6.07, 6.45) is 1.67. The van der Waals surface area contributed by atoms with Gasteiger partial charge in [0.05, 0.1) is 29.7 Å². The number of sulfonamides is 1. The molecule has 1 heterocycles. The Bertz CT molecular complexity index is 1270. The maximum atomic E-state index is 13.6. The molecule has 1 aliphatic rings. The highest BCUT2D eigenvalue weighted by Crippen LogP contribution is 2.53. The Morgan fingerprint density at radius 1 is 0.969 bits per heavy atom. The second kappa shape index (κ2) is 8.90. The van der Waals surface area contributed by atoms with Crippen LogP contribution >= 0.6 is 11.6 Å². The Balaban J connectivity index is 1.85. The fraction of sp³-hybridized carbons (Fsp3) is 0.160. The molecule has 0 amide bonds. The Hall–Kier alpha value is -2.93. The van der Waals surface area contributed by atoms with E-state index in [1.165, 1.54) is 11.4 Å². The van der Waals surface area contributed by atoms with Crippen molar-refractivity contribution in [3.05, 3.63) is 106 Å². The zero-order chi connectivity index (χ0) is 22.9. The molecule has 1 aliphatic heterocycles. The first-order chi connectivity index (χ1) is 15.3. The lowest BCUT2D eigenvalue weighted by Gasteiger charge is -2.09. The van der Waals surface area contributed by atoms with E-state index in [0.717, 1.165) is 11.1 Å². The first-order valence-corrected chi connectivity index (χ1v) is 11.9. The van der Waals surface area contributed by atoms with Crippen molar-refractivity contribution < 1.29 is 17.9 Å². The summed E-state index contributed by atoms with van der Waals surface area (Å²) in [6.45, 7) is 1.89. The molecule has 164 valence electrons. The summed E-state index contributed by atoms with van der Waals surface area (Å²) in [5.74, 6) is -0.586. The molecule has 3 aromatic rings. The molecule has 0 spiro atoms. The van der Waals surface area contributed by atoms with Crippen molar-refractivity contribution in [2.45, 2.75) is 23.9 Å².